The number of hydrogen-bond donors (Lipinski definition) is 2. The van der Waals surface area contributed by atoms with Crippen molar-refractivity contribution in [3.8, 4) is 0 Å². The van der Waals surface area contributed by atoms with Crippen molar-refractivity contribution in [2.45, 2.75) is 63.5 Å². The molecule has 20 heavy (non-hydrogen) atoms. The van der Waals surface area contributed by atoms with E-state index in [9.17, 15) is 13.5 Å². The number of nitrogens with one attached hydrogen (secondary N) is 1. The van der Waals surface area contributed by atoms with Crippen LogP contribution in [-0.4, -0.2) is 25.7 Å². The van der Waals surface area contributed by atoms with Crippen LogP contribution in [0.1, 0.15) is 52.0 Å². The standard InChI is InChI=1S/C15H25NO3S/c1-5-11(2)14-6-8-15(9-7-14)20(18,19)16-12(3)10-13(4)17/h6-9,11-13,16-17H,5,10H2,1-4H3. The van der Waals surface area contributed by atoms with Crippen molar-refractivity contribution in [2.24, 2.45) is 0 Å². The number of aliphatic hydroxyl groups is 1. The third kappa shape index (κ3) is 4.89. The number of hydrogen-bond acceptors (Lipinski definition) is 3. The van der Waals surface area contributed by atoms with Gasteiger partial charge in [0.25, 0.3) is 0 Å². The second kappa shape index (κ2) is 7.20. The monoisotopic (exact) mass is 299 g/mol. The maximum absolute atomic E-state index is 12.2. The predicted octanol–water partition coefficient (Wildman–Crippen LogP) is 2.64. The lowest BCUT2D eigenvalue weighted by molar-refractivity contribution is 0.175. The van der Waals surface area contributed by atoms with Crippen LogP contribution in [0.25, 0.3) is 0 Å². The minimum Gasteiger partial charge on any atom is -0.393 e. The van der Waals surface area contributed by atoms with E-state index in [0.29, 0.717) is 12.3 Å². The molecule has 2 N–H and O–H groups in total. The molecule has 0 aliphatic carbocycles. The topological polar surface area (TPSA) is 66.4 Å². The van der Waals surface area contributed by atoms with Gasteiger partial charge in [0.1, 0.15) is 0 Å². The highest BCUT2D eigenvalue weighted by Gasteiger charge is 2.18. The van der Waals surface area contributed by atoms with Gasteiger partial charge >= 0.3 is 0 Å². The molecule has 0 amide bonds. The molecular weight excluding hydrogens is 274 g/mol. The zero-order chi connectivity index (χ0) is 15.3. The summed E-state index contributed by atoms with van der Waals surface area (Å²) in [5.41, 5.74) is 1.14. The number of aliphatic hydroxyl groups excluding tert-OH is 1. The lowest BCUT2D eigenvalue weighted by Gasteiger charge is -2.16. The van der Waals surface area contributed by atoms with Crippen molar-refractivity contribution < 1.29 is 13.5 Å². The molecule has 4 nitrogen and oxygen atoms in total. The fourth-order valence-electron chi connectivity index (χ4n) is 2.10. The van der Waals surface area contributed by atoms with Crippen molar-refractivity contribution in [3.63, 3.8) is 0 Å². The van der Waals surface area contributed by atoms with Gasteiger partial charge in [0.2, 0.25) is 10.0 Å². The van der Waals surface area contributed by atoms with Gasteiger partial charge in [-0.05, 0) is 50.3 Å². The van der Waals surface area contributed by atoms with Crippen molar-refractivity contribution in [1.29, 1.82) is 0 Å². The highest BCUT2D eigenvalue weighted by atomic mass is 32.2. The number of rotatable bonds is 7. The van der Waals surface area contributed by atoms with Crippen molar-refractivity contribution in [3.05, 3.63) is 29.8 Å². The van der Waals surface area contributed by atoms with Gasteiger partial charge in [-0.3, -0.25) is 0 Å². The quantitative estimate of drug-likeness (QED) is 0.813. The Morgan fingerprint density at radius 2 is 1.70 bits per heavy atom. The van der Waals surface area contributed by atoms with E-state index in [4.69, 9.17) is 0 Å². The highest BCUT2D eigenvalue weighted by molar-refractivity contribution is 7.89. The van der Waals surface area contributed by atoms with E-state index >= 15 is 0 Å². The molecule has 3 unspecified atom stereocenters. The average Bonchev–Trinajstić information content (AvgIpc) is 2.36. The molecular formula is C15H25NO3S. The molecule has 1 rings (SSSR count). The molecule has 0 spiro atoms. The van der Waals surface area contributed by atoms with Crippen LogP contribution in [0.2, 0.25) is 0 Å². The molecule has 1 aromatic carbocycles. The van der Waals surface area contributed by atoms with Gasteiger partial charge in [-0.25, -0.2) is 13.1 Å². The van der Waals surface area contributed by atoms with Crippen LogP contribution >= 0.6 is 0 Å². The Hall–Kier alpha value is -0.910. The van der Waals surface area contributed by atoms with E-state index in [1.165, 1.54) is 0 Å². The molecule has 0 fully saturated rings. The van der Waals surface area contributed by atoms with Crippen molar-refractivity contribution in [2.75, 3.05) is 0 Å². The Kier molecular flexibility index (Phi) is 6.17. The van der Waals surface area contributed by atoms with Gasteiger partial charge in [0, 0.05) is 6.04 Å². The highest BCUT2D eigenvalue weighted by Crippen LogP contribution is 2.20. The fraction of sp³-hybridized carbons (Fsp3) is 0.600. The molecule has 0 saturated carbocycles. The van der Waals surface area contributed by atoms with Gasteiger partial charge in [0.15, 0.2) is 0 Å². The molecule has 3 atom stereocenters. The molecule has 1 aromatic rings. The van der Waals surface area contributed by atoms with Gasteiger partial charge in [-0.15, -0.1) is 0 Å². The second-order valence-electron chi connectivity index (χ2n) is 5.49. The van der Waals surface area contributed by atoms with E-state index < -0.39 is 16.1 Å². The Morgan fingerprint density at radius 3 is 2.15 bits per heavy atom. The van der Waals surface area contributed by atoms with Crippen LogP contribution in [0, 0.1) is 0 Å². The predicted molar refractivity (Wildman–Crippen MR) is 81.2 cm³/mol. The van der Waals surface area contributed by atoms with E-state index in [0.717, 1.165) is 12.0 Å². The summed E-state index contributed by atoms with van der Waals surface area (Å²) in [5.74, 6) is 0.425. The van der Waals surface area contributed by atoms with Crippen LogP contribution in [-0.2, 0) is 10.0 Å². The molecule has 0 bridgehead atoms. The first-order valence-electron chi connectivity index (χ1n) is 7.06. The van der Waals surface area contributed by atoms with E-state index in [2.05, 4.69) is 18.6 Å². The second-order valence-corrected chi connectivity index (χ2v) is 7.20. The maximum Gasteiger partial charge on any atom is 0.240 e. The van der Waals surface area contributed by atoms with Gasteiger partial charge in [0.05, 0.1) is 11.0 Å². The third-order valence-corrected chi connectivity index (χ3v) is 5.03. The van der Waals surface area contributed by atoms with E-state index in [-0.39, 0.29) is 10.9 Å². The summed E-state index contributed by atoms with van der Waals surface area (Å²) < 4.78 is 26.9. The minimum absolute atomic E-state index is 0.266. The zero-order valence-electron chi connectivity index (χ0n) is 12.6. The summed E-state index contributed by atoms with van der Waals surface area (Å²) in [6.45, 7) is 7.62. The van der Waals surface area contributed by atoms with Crippen LogP contribution in [0.5, 0.6) is 0 Å². The van der Waals surface area contributed by atoms with Crippen molar-refractivity contribution in [1.82, 2.24) is 4.72 Å². The molecule has 114 valence electrons. The summed E-state index contributed by atoms with van der Waals surface area (Å²) in [6.07, 6.45) is 0.889. The summed E-state index contributed by atoms with van der Waals surface area (Å²) in [5, 5.41) is 9.28. The van der Waals surface area contributed by atoms with E-state index in [1.807, 2.05) is 12.1 Å². The lowest BCUT2D eigenvalue weighted by atomic mass is 9.99. The SMILES string of the molecule is CCC(C)c1ccc(S(=O)(=O)NC(C)CC(C)O)cc1. The van der Waals surface area contributed by atoms with Gasteiger partial charge in [-0.2, -0.15) is 0 Å². The Morgan fingerprint density at radius 1 is 1.15 bits per heavy atom. The maximum atomic E-state index is 12.2. The molecule has 0 radical (unpaired) electrons. The first-order valence-corrected chi connectivity index (χ1v) is 8.55. The lowest BCUT2D eigenvalue weighted by Crippen LogP contribution is -2.34. The Bertz CT molecular complexity index is 508. The zero-order valence-corrected chi connectivity index (χ0v) is 13.4. The minimum atomic E-state index is -3.52. The summed E-state index contributed by atoms with van der Waals surface area (Å²) in [7, 11) is -3.52. The summed E-state index contributed by atoms with van der Waals surface area (Å²) in [4.78, 5) is 0.266. The smallest absolute Gasteiger partial charge is 0.240 e. The molecule has 0 aliphatic heterocycles. The van der Waals surface area contributed by atoms with Crippen LogP contribution in [0.15, 0.2) is 29.2 Å². The summed E-state index contributed by atoms with van der Waals surface area (Å²) in [6, 6.07) is 6.70. The number of benzene rings is 1. The molecule has 0 aromatic heterocycles. The van der Waals surface area contributed by atoms with E-state index in [1.54, 1.807) is 26.0 Å². The summed E-state index contributed by atoms with van der Waals surface area (Å²) >= 11 is 0. The van der Waals surface area contributed by atoms with Gasteiger partial charge in [-0.1, -0.05) is 26.0 Å². The molecule has 0 saturated heterocycles. The molecule has 0 heterocycles. The Labute approximate surface area is 122 Å². The molecule has 5 heteroatoms. The largest absolute Gasteiger partial charge is 0.393 e. The third-order valence-electron chi connectivity index (χ3n) is 3.42. The van der Waals surface area contributed by atoms with Crippen molar-refractivity contribution >= 4 is 10.0 Å². The Balaban J connectivity index is 2.82. The first-order chi connectivity index (χ1) is 9.26. The average molecular weight is 299 g/mol. The first kappa shape index (κ1) is 17.1. The van der Waals surface area contributed by atoms with Gasteiger partial charge < -0.3 is 5.11 Å². The fourth-order valence-corrected chi connectivity index (χ4v) is 3.36. The van der Waals surface area contributed by atoms with Crippen LogP contribution in [0.3, 0.4) is 0 Å². The number of sulfonamides is 1. The molecule has 0 aliphatic rings. The van der Waals surface area contributed by atoms with Crippen LogP contribution in [0.4, 0.5) is 0 Å². The van der Waals surface area contributed by atoms with Crippen LogP contribution < -0.4 is 4.72 Å². The normalized spacial score (nSPS) is 16.6.